The Labute approximate surface area is 235 Å². The van der Waals surface area contributed by atoms with Crippen LogP contribution < -0.4 is 9.47 Å². The van der Waals surface area contributed by atoms with E-state index in [-0.39, 0.29) is 30.8 Å². The van der Waals surface area contributed by atoms with E-state index in [1.54, 1.807) is 12.1 Å². The average Bonchev–Trinajstić information content (AvgIpc) is 3.62. The Kier molecular flexibility index (Phi) is 9.44. The minimum absolute atomic E-state index is 0.0590. The first-order chi connectivity index (χ1) is 19.1. The van der Waals surface area contributed by atoms with Crippen molar-refractivity contribution in [2.75, 3.05) is 7.11 Å². The fraction of sp³-hybridized carbons (Fsp3) is 0.455. The van der Waals surface area contributed by atoms with Crippen LogP contribution in [0, 0.1) is 23.0 Å². The minimum Gasteiger partial charge on any atom is -0.489 e. The summed E-state index contributed by atoms with van der Waals surface area (Å²) >= 11 is 0. The molecule has 1 unspecified atom stereocenters. The highest BCUT2D eigenvalue weighted by Crippen LogP contribution is 2.51. The minimum atomic E-state index is -0.938. The molecule has 0 radical (unpaired) electrons. The molecular weight excluding hydrogens is 512 g/mol. The monoisotopic (exact) mass is 551 g/mol. The van der Waals surface area contributed by atoms with Crippen molar-refractivity contribution in [3.63, 3.8) is 0 Å². The zero-order chi connectivity index (χ0) is 28.9. The lowest BCUT2D eigenvalue weighted by Crippen LogP contribution is -2.17. The average molecular weight is 552 g/mol. The quantitative estimate of drug-likeness (QED) is 0.289. The van der Waals surface area contributed by atoms with Crippen molar-refractivity contribution in [1.82, 2.24) is 4.98 Å². The van der Waals surface area contributed by atoms with Gasteiger partial charge in [0.2, 0.25) is 5.88 Å². The highest BCUT2D eigenvalue weighted by molar-refractivity contribution is 5.70. The van der Waals surface area contributed by atoms with Crippen LogP contribution in [0.25, 0.3) is 11.1 Å². The molecule has 2 aliphatic carbocycles. The van der Waals surface area contributed by atoms with Crippen LogP contribution in [0.1, 0.15) is 81.9 Å². The number of carbonyl (C=O) groups is 1. The smallest absolute Gasteiger partial charge is 0.303 e. The van der Waals surface area contributed by atoms with Gasteiger partial charge in [-0.05, 0) is 70.9 Å². The van der Waals surface area contributed by atoms with Gasteiger partial charge in [-0.2, -0.15) is 0 Å². The second-order valence-electron chi connectivity index (χ2n) is 11.7. The maximum Gasteiger partial charge on any atom is 0.303 e. The first-order valence-electron chi connectivity index (χ1n) is 14.0. The molecule has 7 heteroatoms. The van der Waals surface area contributed by atoms with E-state index in [4.69, 9.17) is 14.6 Å². The van der Waals surface area contributed by atoms with Crippen LogP contribution in [0.4, 0.5) is 8.78 Å². The molecule has 2 aliphatic rings. The topological polar surface area (TPSA) is 68.7 Å². The highest BCUT2D eigenvalue weighted by Gasteiger charge is 2.37. The Hall–Kier alpha value is -3.48. The van der Waals surface area contributed by atoms with Crippen LogP contribution in [-0.2, 0) is 17.8 Å². The largest absolute Gasteiger partial charge is 0.489 e. The number of hydrogen-bond acceptors (Lipinski definition) is 4. The van der Waals surface area contributed by atoms with Gasteiger partial charge in [0.05, 0.1) is 13.3 Å². The molecule has 5 nitrogen and oxygen atoms in total. The standard InChI is InChI=1S/C29H31F2NO4.C4H8/c1-29(2)10-4-5-25(29)23-13-19(6-8-22(23)24-15-27(35-3)32-16-26(24)31)17-36-21-12-18(7-9-28(33)34)11-20(30)14-21;1-4-2-3-4/h6,8,11-16,25H,4-5,7,9-10,17H2,1-3H3,(H,33,34);4H,2-3H2,1H3. The van der Waals surface area contributed by atoms with E-state index < -0.39 is 17.6 Å². The number of hydrogen-bond donors (Lipinski definition) is 1. The molecule has 0 spiro atoms. The molecule has 2 aromatic carbocycles. The fourth-order valence-corrected chi connectivity index (χ4v) is 5.31. The van der Waals surface area contributed by atoms with E-state index in [1.165, 1.54) is 38.3 Å². The number of nitrogens with zero attached hydrogens (tertiary/aromatic N) is 1. The van der Waals surface area contributed by atoms with Gasteiger partial charge in [-0.3, -0.25) is 4.79 Å². The Morgan fingerprint density at radius 2 is 1.80 bits per heavy atom. The third-order valence-electron chi connectivity index (χ3n) is 7.91. The van der Waals surface area contributed by atoms with Crippen molar-refractivity contribution in [2.45, 2.75) is 78.2 Å². The SMILES string of the molecule is CC1CC1.COc1cc(-c2ccc(COc3cc(F)cc(CCC(=O)O)c3)cc2C2CCCC2(C)C)c(F)cn1. The summed E-state index contributed by atoms with van der Waals surface area (Å²) in [4.78, 5) is 14.8. The number of aryl methyl sites for hydroxylation is 1. The highest BCUT2D eigenvalue weighted by atomic mass is 19.1. The summed E-state index contributed by atoms with van der Waals surface area (Å²) in [5, 5.41) is 8.91. The molecule has 5 rings (SSSR count). The van der Waals surface area contributed by atoms with Crippen molar-refractivity contribution in [3.8, 4) is 22.8 Å². The summed E-state index contributed by atoms with van der Waals surface area (Å²) in [6.07, 6.45) is 7.48. The first-order valence-corrected chi connectivity index (χ1v) is 14.0. The van der Waals surface area contributed by atoms with Crippen LogP contribution in [0.3, 0.4) is 0 Å². The molecule has 1 atom stereocenters. The number of aliphatic carboxylic acids is 1. The van der Waals surface area contributed by atoms with Crippen molar-refractivity contribution in [1.29, 1.82) is 0 Å². The van der Waals surface area contributed by atoms with Crippen LogP contribution in [0.5, 0.6) is 11.6 Å². The van der Waals surface area contributed by atoms with Crippen molar-refractivity contribution in [3.05, 3.63) is 77.0 Å². The number of pyridine rings is 1. The van der Waals surface area contributed by atoms with Gasteiger partial charge in [-0.1, -0.05) is 58.2 Å². The zero-order valence-electron chi connectivity index (χ0n) is 23.8. The van der Waals surface area contributed by atoms with E-state index in [0.29, 0.717) is 22.8 Å². The van der Waals surface area contributed by atoms with Gasteiger partial charge in [0.1, 0.15) is 24.0 Å². The van der Waals surface area contributed by atoms with Gasteiger partial charge in [0.25, 0.3) is 0 Å². The van der Waals surface area contributed by atoms with Crippen molar-refractivity contribution in [2.24, 2.45) is 11.3 Å². The van der Waals surface area contributed by atoms with E-state index in [0.717, 1.165) is 41.9 Å². The molecule has 0 saturated heterocycles. The van der Waals surface area contributed by atoms with Gasteiger partial charge in [-0.15, -0.1) is 0 Å². The number of benzene rings is 2. The maximum absolute atomic E-state index is 14.9. The van der Waals surface area contributed by atoms with E-state index >= 15 is 0 Å². The number of ether oxygens (including phenoxy) is 2. The van der Waals surface area contributed by atoms with Crippen molar-refractivity contribution >= 4 is 5.97 Å². The Balaban J connectivity index is 0.000000848. The Morgan fingerprint density at radius 3 is 2.42 bits per heavy atom. The van der Waals surface area contributed by atoms with E-state index in [1.807, 2.05) is 12.1 Å². The first kappa shape index (κ1) is 29.5. The summed E-state index contributed by atoms with van der Waals surface area (Å²) < 4.78 is 40.1. The molecule has 0 bridgehead atoms. The fourth-order valence-electron chi connectivity index (χ4n) is 5.31. The van der Waals surface area contributed by atoms with Gasteiger partial charge in [0.15, 0.2) is 0 Å². The summed E-state index contributed by atoms with van der Waals surface area (Å²) in [5.74, 6) is 0.187. The zero-order valence-corrected chi connectivity index (χ0v) is 23.8. The lowest BCUT2D eigenvalue weighted by atomic mass is 9.75. The molecule has 2 fully saturated rings. The van der Waals surface area contributed by atoms with E-state index in [9.17, 15) is 13.6 Å². The molecule has 214 valence electrons. The predicted octanol–water partition coefficient (Wildman–Crippen LogP) is 8.34. The van der Waals surface area contributed by atoms with Crippen molar-refractivity contribution < 1.29 is 28.2 Å². The molecule has 2 saturated carbocycles. The molecule has 1 heterocycles. The normalized spacial score (nSPS) is 17.6. The number of rotatable bonds is 9. The Morgan fingerprint density at radius 1 is 1.05 bits per heavy atom. The van der Waals surface area contributed by atoms with Gasteiger partial charge in [-0.25, -0.2) is 13.8 Å². The number of aromatic nitrogens is 1. The van der Waals surface area contributed by atoms with Gasteiger partial charge in [0, 0.05) is 24.1 Å². The molecule has 1 N–H and O–H groups in total. The van der Waals surface area contributed by atoms with Gasteiger partial charge < -0.3 is 14.6 Å². The van der Waals surface area contributed by atoms with E-state index in [2.05, 4.69) is 31.8 Å². The second-order valence-corrected chi connectivity index (χ2v) is 11.7. The second kappa shape index (κ2) is 12.8. The summed E-state index contributed by atoms with van der Waals surface area (Å²) in [6.45, 7) is 6.96. The molecule has 0 aliphatic heterocycles. The lowest BCUT2D eigenvalue weighted by molar-refractivity contribution is -0.136. The summed E-state index contributed by atoms with van der Waals surface area (Å²) in [6, 6.07) is 11.8. The maximum atomic E-state index is 14.9. The van der Waals surface area contributed by atoms with Crippen LogP contribution >= 0.6 is 0 Å². The lowest BCUT2D eigenvalue weighted by Gasteiger charge is -2.30. The molecule has 40 heavy (non-hydrogen) atoms. The molecule has 0 amide bonds. The molecule has 3 aromatic rings. The summed E-state index contributed by atoms with van der Waals surface area (Å²) in [5.41, 5.74) is 3.81. The third kappa shape index (κ3) is 7.80. The number of methoxy groups -OCH3 is 1. The number of carboxylic acid groups (broad SMARTS) is 1. The number of halogens is 2. The van der Waals surface area contributed by atoms with Gasteiger partial charge >= 0.3 is 5.97 Å². The van der Waals surface area contributed by atoms with Crippen LogP contribution in [0.15, 0.2) is 48.7 Å². The summed E-state index contributed by atoms with van der Waals surface area (Å²) in [7, 11) is 1.50. The molecule has 1 aromatic heterocycles. The van der Waals surface area contributed by atoms with Crippen LogP contribution in [0.2, 0.25) is 0 Å². The Bertz CT molecular complexity index is 1340. The number of carboxylic acids is 1. The molecular formula is C33H39F2NO4. The third-order valence-corrected chi connectivity index (χ3v) is 7.91. The predicted molar refractivity (Wildman–Crippen MR) is 152 cm³/mol. The van der Waals surface area contributed by atoms with Crippen LogP contribution in [-0.4, -0.2) is 23.2 Å².